The fraction of sp³-hybridized carbons (Fsp3) is 0.400. The molecule has 0 amide bonds. The molecule has 0 aliphatic rings. The second-order valence-electron chi connectivity index (χ2n) is 3.62. The van der Waals surface area contributed by atoms with Gasteiger partial charge in [0.2, 0.25) is 0 Å². The van der Waals surface area contributed by atoms with Crippen molar-refractivity contribution in [3.8, 4) is 0 Å². The van der Waals surface area contributed by atoms with Crippen LogP contribution in [0.3, 0.4) is 0 Å². The quantitative estimate of drug-likeness (QED) is 0.633. The Morgan fingerprint density at radius 2 is 2.00 bits per heavy atom. The Morgan fingerprint density at radius 3 is 2.50 bits per heavy atom. The molecule has 0 fully saturated rings. The molecule has 1 aromatic rings. The molecule has 1 aromatic carbocycles. The Morgan fingerprint density at radius 1 is 1.38 bits per heavy atom. The maximum Gasteiger partial charge on any atom is 0.181 e. The predicted octanol–water partition coefficient (Wildman–Crippen LogP) is 2.77. The van der Waals surface area contributed by atoms with Crippen LogP contribution in [0, 0.1) is 17.6 Å². The van der Waals surface area contributed by atoms with E-state index >= 15 is 0 Å². The maximum absolute atomic E-state index is 13.3. The van der Waals surface area contributed by atoms with Crippen LogP contribution in [0.15, 0.2) is 23.1 Å². The maximum atomic E-state index is 13.3. The number of halogens is 3. The molecule has 1 atom stereocenters. The zero-order chi connectivity index (χ0) is 12.3. The second kappa shape index (κ2) is 5.23. The van der Waals surface area contributed by atoms with E-state index < -0.39 is 26.4 Å². The van der Waals surface area contributed by atoms with Crippen LogP contribution < -0.4 is 0 Å². The zero-order valence-corrected chi connectivity index (χ0v) is 11.0. The van der Waals surface area contributed by atoms with Gasteiger partial charge in [-0.15, -0.1) is 0 Å². The molecule has 0 saturated heterocycles. The van der Waals surface area contributed by atoms with Crippen molar-refractivity contribution in [1.29, 1.82) is 0 Å². The van der Waals surface area contributed by atoms with Gasteiger partial charge in [-0.25, -0.2) is 17.2 Å². The molecule has 0 aromatic heterocycles. The smallest absolute Gasteiger partial charge is 0.181 e. The molecule has 0 heterocycles. The third-order valence-electron chi connectivity index (χ3n) is 2.00. The lowest BCUT2D eigenvalue weighted by atomic mass is 10.3. The van der Waals surface area contributed by atoms with Crippen LogP contribution in [0.1, 0.15) is 6.92 Å². The molecule has 0 aliphatic carbocycles. The zero-order valence-electron chi connectivity index (χ0n) is 8.58. The summed E-state index contributed by atoms with van der Waals surface area (Å²) in [4.78, 5) is -0.443. The number of benzene rings is 1. The van der Waals surface area contributed by atoms with Crippen LogP contribution in [0.25, 0.3) is 0 Å². The highest BCUT2D eigenvalue weighted by Crippen LogP contribution is 2.19. The molecule has 0 radical (unpaired) electrons. The van der Waals surface area contributed by atoms with Crippen LogP contribution in [-0.4, -0.2) is 19.5 Å². The summed E-state index contributed by atoms with van der Waals surface area (Å²) in [7, 11) is -3.69. The SMILES string of the molecule is CC(CBr)CS(=O)(=O)c1ccc(F)cc1F. The standard InChI is InChI=1S/C10H11BrF2O2S/c1-7(5-11)6-16(14,15)10-3-2-8(12)4-9(10)13/h2-4,7H,5-6H2,1H3. The molecule has 1 rings (SSSR count). The summed E-state index contributed by atoms with van der Waals surface area (Å²) >= 11 is 3.15. The summed E-state index contributed by atoms with van der Waals surface area (Å²) in [6, 6.07) is 2.47. The van der Waals surface area contributed by atoms with Crippen LogP contribution in [-0.2, 0) is 9.84 Å². The fourth-order valence-electron chi connectivity index (χ4n) is 1.24. The summed E-state index contributed by atoms with van der Waals surface area (Å²) in [5, 5.41) is 0.509. The summed E-state index contributed by atoms with van der Waals surface area (Å²) in [5.41, 5.74) is 0. The lowest BCUT2D eigenvalue weighted by molar-refractivity contribution is 0.545. The van der Waals surface area contributed by atoms with Gasteiger partial charge < -0.3 is 0 Å². The molecule has 0 spiro atoms. The first-order valence-corrected chi connectivity index (χ1v) is 7.38. The van der Waals surface area contributed by atoms with Crippen molar-refractivity contribution in [3.63, 3.8) is 0 Å². The van der Waals surface area contributed by atoms with Gasteiger partial charge in [-0.3, -0.25) is 0 Å². The molecule has 2 nitrogen and oxygen atoms in total. The van der Waals surface area contributed by atoms with Crippen molar-refractivity contribution in [2.45, 2.75) is 11.8 Å². The van der Waals surface area contributed by atoms with E-state index in [4.69, 9.17) is 0 Å². The van der Waals surface area contributed by atoms with Crippen LogP contribution in [0.5, 0.6) is 0 Å². The highest BCUT2D eigenvalue weighted by atomic mass is 79.9. The minimum atomic E-state index is -3.69. The van der Waals surface area contributed by atoms with E-state index in [9.17, 15) is 17.2 Å². The minimum Gasteiger partial charge on any atom is -0.224 e. The predicted molar refractivity (Wildman–Crippen MR) is 61.4 cm³/mol. The highest BCUT2D eigenvalue weighted by Gasteiger charge is 2.21. The normalized spacial score (nSPS) is 13.8. The van der Waals surface area contributed by atoms with Gasteiger partial charge in [-0.2, -0.15) is 0 Å². The summed E-state index contributed by atoms with van der Waals surface area (Å²) in [6.45, 7) is 1.73. The van der Waals surface area contributed by atoms with Crippen LogP contribution >= 0.6 is 15.9 Å². The second-order valence-corrected chi connectivity index (χ2v) is 6.27. The molecule has 1 unspecified atom stereocenters. The number of hydrogen-bond acceptors (Lipinski definition) is 2. The average Bonchev–Trinajstić information content (AvgIpc) is 2.16. The van der Waals surface area contributed by atoms with Crippen molar-refractivity contribution in [2.75, 3.05) is 11.1 Å². The van der Waals surface area contributed by atoms with Crippen molar-refractivity contribution < 1.29 is 17.2 Å². The van der Waals surface area contributed by atoms with Crippen molar-refractivity contribution in [3.05, 3.63) is 29.8 Å². The lowest BCUT2D eigenvalue weighted by Gasteiger charge is -2.09. The number of hydrogen-bond donors (Lipinski definition) is 0. The molecular formula is C10H11BrF2O2S. The fourth-order valence-corrected chi connectivity index (χ4v) is 3.45. The van der Waals surface area contributed by atoms with Crippen LogP contribution in [0.4, 0.5) is 8.78 Å². The van der Waals surface area contributed by atoms with E-state index in [1.807, 2.05) is 0 Å². The molecule has 0 aliphatic heterocycles. The third-order valence-corrected chi connectivity index (χ3v) is 5.11. The molecule has 6 heteroatoms. The summed E-state index contributed by atoms with van der Waals surface area (Å²) in [5.74, 6) is -2.12. The molecule has 90 valence electrons. The molecule has 0 N–H and O–H groups in total. The Bertz CT molecular complexity index is 474. The van der Waals surface area contributed by atoms with E-state index in [0.717, 1.165) is 12.1 Å². The Kier molecular flexibility index (Phi) is 4.43. The number of sulfone groups is 1. The van der Waals surface area contributed by atoms with Crippen molar-refractivity contribution >= 4 is 25.8 Å². The van der Waals surface area contributed by atoms with E-state index in [1.165, 1.54) is 0 Å². The molecule has 0 saturated carbocycles. The minimum absolute atomic E-state index is 0.130. The molecule has 16 heavy (non-hydrogen) atoms. The summed E-state index contributed by atoms with van der Waals surface area (Å²) < 4.78 is 49.4. The molecule has 0 bridgehead atoms. The lowest BCUT2D eigenvalue weighted by Crippen LogP contribution is -2.16. The van der Waals surface area contributed by atoms with Crippen molar-refractivity contribution in [2.24, 2.45) is 5.92 Å². The van der Waals surface area contributed by atoms with Gasteiger partial charge in [0.05, 0.1) is 5.75 Å². The Labute approximate surface area is 102 Å². The topological polar surface area (TPSA) is 34.1 Å². The van der Waals surface area contributed by atoms with E-state index in [1.54, 1.807) is 6.92 Å². The summed E-state index contributed by atoms with van der Waals surface area (Å²) in [6.07, 6.45) is 0. The van der Waals surface area contributed by atoms with E-state index in [0.29, 0.717) is 11.4 Å². The Hall–Kier alpha value is -0.490. The van der Waals surface area contributed by atoms with Gasteiger partial charge in [0, 0.05) is 11.4 Å². The number of alkyl halides is 1. The van der Waals surface area contributed by atoms with Gasteiger partial charge in [-0.05, 0) is 18.1 Å². The van der Waals surface area contributed by atoms with Gasteiger partial charge >= 0.3 is 0 Å². The first-order chi connectivity index (χ1) is 7.36. The van der Waals surface area contributed by atoms with Gasteiger partial charge in [0.25, 0.3) is 0 Å². The van der Waals surface area contributed by atoms with Gasteiger partial charge in [0.15, 0.2) is 9.84 Å². The first kappa shape index (κ1) is 13.6. The van der Waals surface area contributed by atoms with Gasteiger partial charge in [-0.1, -0.05) is 22.9 Å². The van der Waals surface area contributed by atoms with Gasteiger partial charge in [0.1, 0.15) is 16.5 Å². The van der Waals surface area contributed by atoms with Crippen molar-refractivity contribution in [1.82, 2.24) is 0 Å². The van der Waals surface area contributed by atoms with E-state index in [-0.39, 0.29) is 11.7 Å². The highest BCUT2D eigenvalue weighted by molar-refractivity contribution is 9.09. The Balaban J connectivity index is 3.08. The first-order valence-electron chi connectivity index (χ1n) is 4.60. The third kappa shape index (κ3) is 3.25. The average molecular weight is 313 g/mol. The number of rotatable bonds is 4. The van der Waals surface area contributed by atoms with Crippen LogP contribution in [0.2, 0.25) is 0 Å². The molecular weight excluding hydrogens is 302 g/mol. The van der Waals surface area contributed by atoms with E-state index in [2.05, 4.69) is 15.9 Å². The largest absolute Gasteiger partial charge is 0.224 e. The monoisotopic (exact) mass is 312 g/mol.